The van der Waals surface area contributed by atoms with Crippen molar-refractivity contribution in [2.45, 2.75) is 117 Å². The Bertz CT molecular complexity index is 296. The van der Waals surface area contributed by atoms with Crippen LogP contribution in [0.15, 0.2) is 0 Å². The molecule has 0 radical (unpaired) electrons. The smallest absolute Gasteiger partial charge is 0.306 e. The van der Waals surface area contributed by atoms with Gasteiger partial charge >= 0.3 is 11.9 Å². The predicted octanol–water partition coefficient (Wildman–Crippen LogP) is 5.57. The van der Waals surface area contributed by atoms with Crippen molar-refractivity contribution in [2.24, 2.45) is 0 Å². The molecule has 0 aliphatic rings. The number of esters is 2. The Morgan fingerprint density at radius 2 is 1.00 bits per heavy atom. The van der Waals surface area contributed by atoms with E-state index in [0.717, 1.165) is 64.2 Å². The van der Waals surface area contributed by atoms with Gasteiger partial charge in [0.25, 0.3) is 0 Å². The number of hydrogen-bond donors (Lipinski definition) is 0. The summed E-state index contributed by atoms with van der Waals surface area (Å²) < 4.78 is 10.6. The average molecular weight is 343 g/mol. The molecular weight excluding hydrogens is 304 g/mol. The van der Waals surface area contributed by atoms with Crippen molar-refractivity contribution in [3.05, 3.63) is 0 Å². The molecule has 0 amide bonds. The first-order chi connectivity index (χ1) is 11.5. The second-order valence-corrected chi connectivity index (χ2v) is 6.80. The van der Waals surface area contributed by atoms with E-state index in [-0.39, 0.29) is 24.1 Å². The van der Waals surface area contributed by atoms with Crippen LogP contribution < -0.4 is 0 Å². The van der Waals surface area contributed by atoms with Crippen molar-refractivity contribution in [3.63, 3.8) is 0 Å². The maximum absolute atomic E-state index is 11.6. The topological polar surface area (TPSA) is 52.6 Å². The highest BCUT2D eigenvalue weighted by atomic mass is 16.5. The summed E-state index contributed by atoms with van der Waals surface area (Å²) >= 11 is 0. The minimum Gasteiger partial charge on any atom is -0.463 e. The van der Waals surface area contributed by atoms with Gasteiger partial charge in [-0.1, -0.05) is 52.4 Å². The quantitative estimate of drug-likeness (QED) is 0.288. The van der Waals surface area contributed by atoms with Crippen LogP contribution in [0.4, 0.5) is 0 Å². The molecule has 0 aliphatic carbocycles. The molecule has 0 spiro atoms. The lowest BCUT2D eigenvalue weighted by Gasteiger charge is -2.12. The molecule has 142 valence electrons. The van der Waals surface area contributed by atoms with E-state index in [1.807, 2.05) is 13.8 Å². The van der Waals surface area contributed by atoms with E-state index >= 15 is 0 Å². The molecule has 0 fully saturated rings. The van der Waals surface area contributed by atoms with Gasteiger partial charge in [-0.3, -0.25) is 9.59 Å². The molecule has 0 aliphatic heterocycles. The van der Waals surface area contributed by atoms with E-state index < -0.39 is 0 Å². The summed E-state index contributed by atoms with van der Waals surface area (Å²) in [5.74, 6) is -0.139. The van der Waals surface area contributed by atoms with Gasteiger partial charge in [0.2, 0.25) is 0 Å². The highest BCUT2D eigenvalue weighted by molar-refractivity contribution is 5.69. The van der Waals surface area contributed by atoms with Gasteiger partial charge < -0.3 is 9.47 Å². The number of carbonyl (C=O) groups is 2. The Kier molecular flexibility index (Phi) is 14.8. The second kappa shape index (κ2) is 15.5. The Balaban J connectivity index is 3.42. The van der Waals surface area contributed by atoms with Crippen LogP contribution in [0.5, 0.6) is 0 Å². The zero-order valence-corrected chi connectivity index (χ0v) is 16.3. The lowest BCUT2D eigenvalue weighted by atomic mass is 10.1. The van der Waals surface area contributed by atoms with Gasteiger partial charge in [0.15, 0.2) is 0 Å². The molecular formula is C20H38O4. The maximum atomic E-state index is 11.6. The number of unbranched alkanes of at least 4 members (excludes halogenated alkanes) is 5. The van der Waals surface area contributed by atoms with E-state index in [9.17, 15) is 9.59 Å². The minimum absolute atomic E-state index is 0.0438. The summed E-state index contributed by atoms with van der Waals surface area (Å²) in [6, 6.07) is 0. The van der Waals surface area contributed by atoms with Gasteiger partial charge in [0, 0.05) is 12.8 Å². The van der Waals surface area contributed by atoms with Crippen LogP contribution in [0.3, 0.4) is 0 Å². The van der Waals surface area contributed by atoms with Crippen LogP contribution >= 0.6 is 0 Å². The third-order valence-corrected chi connectivity index (χ3v) is 4.07. The average Bonchev–Trinajstić information content (AvgIpc) is 2.50. The molecule has 24 heavy (non-hydrogen) atoms. The fourth-order valence-corrected chi connectivity index (χ4v) is 2.74. The molecule has 0 aromatic rings. The van der Waals surface area contributed by atoms with Crippen molar-refractivity contribution in [1.29, 1.82) is 0 Å². The molecule has 0 aromatic carbocycles. The van der Waals surface area contributed by atoms with Crippen molar-refractivity contribution in [1.82, 2.24) is 0 Å². The van der Waals surface area contributed by atoms with Crippen molar-refractivity contribution in [3.8, 4) is 0 Å². The molecule has 2 atom stereocenters. The molecule has 0 aromatic heterocycles. The molecule has 0 N–H and O–H groups in total. The third-order valence-electron chi connectivity index (χ3n) is 4.07. The zero-order valence-electron chi connectivity index (χ0n) is 16.3. The first-order valence-electron chi connectivity index (χ1n) is 9.88. The lowest BCUT2D eigenvalue weighted by molar-refractivity contribution is -0.149. The predicted molar refractivity (Wildman–Crippen MR) is 97.9 cm³/mol. The molecule has 0 saturated carbocycles. The fourth-order valence-electron chi connectivity index (χ4n) is 2.74. The summed E-state index contributed by atoms with van der Waals surface area (Å²) in [7, 11) is 0. The maximum Gasteiger partial charge on any atom is 0.306 e. The van der Waals surface area contributed by atoms with Crippen molar-refractivity contribution >= 4 is 11.9 Å². The van der Waals surface area contributed by atoms with Crippen molar-refractivity contribution < 1.29 is 19.1 Å². The monoisotopic (exact) mass is 342 g/mol. The molecule has 4 heteroatoms. The molecule has 0 rings (SSSR count). The zero-order chi connectivity index (χ0) is 18.2. The normalized spacial score (nSPS) is 13.3. The third kappa shape index (κ3) is 14.5. The van der Waals surface area contributed by atoms with Gasteiger partial charge in [0.05, 0.1) is 12.2 Å². The summed E-state index contributed by atoms with van der Waals surface area (Å²) in [5.41, 5.74) is 0. The van der Waals surface area contributed by atoms with Gasteiger partial charge in [-0.05, 0) is 39.5 Å². The lowest BCUT2D eigenvalue weighted by Crippen LogP contribution is -2.14. The van der Waals surface area contributed by atoms with E-state index in [1.165, 1.54) is 0 Å². The van der Waals surface area contributed by atoms with Gasteiger partial charge in [-0.25, -0.2) is 0 Å². The van der Waals surface area contributed by atoms with Gasteiger partial charge in [-0.15, -0.1) is 0 Å². The summed E-state index contributed by atoms with van der Waals surface area (Å²) in [4.78, 5) is 23.2. The first-order valence-corrected chi connectivity index (χ1v) is 9.88. The second-order valence-electron chi connectivity index (χ2n) is 6.80. The number of rotatable bonds is 15. The fraction of sp³-hybridized carbons (Fsp3) is 0.900. The van der Waals surface area contributed by atoms with E-state index in [4.69, 9.17) is 9.47 Å². The molecule has 2 unspecified atom stereocenters. The van der Waals surface area contributed by atoms with E-state index in [0.29, 0.717) is 12.8 Å². The molecule has 0 bridgehead atoms. The van der Waals surface area contributed by atoms with Crippen LogP contribution in [0.25, 0.3) is 0 Å². The Labute approximate surface area is 148 Å². The van der Waals surface area contributed by atoms with Crippen LogP contribution in [-0.4, -0.2) is 24.1 Å². The van der Waals surface area contributed by atoms with E-state index in [2.05, 4.69) is 13.8 Å². The first kappa shape index (κ1) is 22.9. The van der Waals surface area contributed by atoms with Crippen LogP contribution in [0.2, 0.25) is 0 Å². The van der Waals surface area contributed by atoms with Crippen LogP contribution in [0, 0.1) is 0 Å². The summed E-state index contributed by atoms with van der Waals surface area (Å²) in [6.45, 7) is 8.09. The Morgan fingerprint density at radius 3 is 1.33 bits per heavy atom. The largest absolute Gasteiger partial charge is 0.463 e. The molecule has 4 nitrogen and oxygen atoms in total. The van der Waals surface area contributed by atoms with Gasteiger partial charge in [-0.2, -0.15) is 0 Å². The van der Waals surface area contributed by atoms with Crippen molar-refractivity contribution in [2.75, 3.05) is 0 Å². The van der Waals surface area contributed by atoms with E-state index in [1.54, 1.807) is 0 Å². The highest BCUT2D eigenvalue weighted by Crippen LogP contribution is 2.11. The Hall–Kier alpha value is -1.06. The number of ether oxygens (including phenoxy) is 2. The number of hydrogen-bond acceptors (Lipinski definition) is 4. The van der Waals surface area contributed by atoms with Crippen LogP contribution in [0.1, 0.15) is 105 Å². The van der Waals surface area contributed by atoms with Crippen LogP contribution in [-0.2, 0) is 19.1 Å². The molecule has 0 heterocycles. The SMILES string of the molecule is CCCC(C)OC(=O)CCCCCCCCC(=O)OC(C)CCC. The standard InChI is InChI=1S/C20H38O4/c1-5-13-17(3)23-19(21)15-11-9-7-8-10-12-16-20(22)24-18(4)14-6-2/h17-18H,5-16H2,1-4H3. The minimum atomic E-state index is -0.0695. The highest BCUT2D eigenvalue weighted by Gasteiger charge is 2.09. The van der Waals surface area contributed by atoms with Gasteiger partial charge in [0.1, 0.15) is 0 Å². The summed E-state index contributed by atoms with van der Waals surface area (Å²) in [5, 5.41) is 0. The Morgan fingerprint density at radius 1 is 0.667 bits per heavy atom. The molecule has 0 saturated heterocycles. The summed E-state index contributed by atoms with van der Waals surface area (Å²) in [6.07, 6.45) is 11.2. The number of carbonyl (C=O) groups excluding carboxylic acids is 2.